The zero-order valence-corrected chi connectivity index (χ0v) is 11.3. The van der Waals surface area contributed by atoms with Crippen LogP contribution in [0, 0.1) is 6.92 Å². The predicted molar refractivity (Wildman–Crippen MR) is 73.5 cm³/mol. The van der Waals surface area contributed by atoms with Gasteiger partial charge in [-0.05, 0) is 33.4 Å². The predicted octanol–water partition coefficient (Wildman–Crippen LogP) is 0.601. The van der Waals surface area contributed by atoms with Crippen molar-refractivity contribution in [1.29, 1.82) is 0 Å². The van der Waals surface area contributed by atoms with E-state index in [1.54, 1.807) is 0 Å². The zero-order valence-electron chi connectivity index (χ0n) is 11.3. The van der Waals surface area contributed by atoms with Crippen molar-refractivity contribution in [3.8, 4) is 0 Å². The van der Waals surface area contributed by atoms with Crippen molar-refractivity contribution in [2.75, 3.05) is 37.5 Å². The Morgan fingerprint density at radius 1 is 1.56 bits per heavy atom. The molecule has 1 saturated heterocycles. The van der Waals surface area contributed by atoms with Crippen LogP contribution in [-0.4, -0.2) is 48.1 Å². The minimum absolute atomic E-state index is 0.469. The summed E-state index contributed by atoms with van der Waals surface area (Å²) in [6.45, 7) is 4.12. The third-order valence-corrected chi connectivity index (χ3v) is 3.52. The smallest absolute Gasteiger partial charge is 0.239 e. The van der Waals surface area contributed by atoms with Crippen LogP contribution in [0.4, 0.5) is 11.8 Å². The van der Waals surface area contributed by atoms with Gasteiger partial charge in [-0.2, -0.15) is 4.98 Å². The summed E-state index contributed by atoms with van der Waals surface area (Å²) in [6.07, 6.45) is 2.54. The van der Waals surface area contributed by atoms with Crippen LogP contribution >= 0.6 is 0 Å². The lowest BCUT2D eigenvalue weighted by atomic mass is 10.2. The Hall–Kier alpha value is -1.40. The van der Waals surface area contributed by atoms with Gasteiger partial charge in [-0.15, -0.1) is 0 Å². The highest BCUT2D eigenvalue weighted by Crippen LogP contribution is 2.19. The Bertz CT molecular complexity index is 408. The quantitative estimate of drug-likeness (QED) is 0.602. The van der Waals surface area contributed by atoms with Crippen LogP contribution in [0.25, 0.3) is 0 Å². The van der Waals surface area contributed by atoms with Crippen LogP contribution in [0.15, 0.2) is 6.07 Å². The van der Waals surface area contributed by atoms with Gasteiger partial charge in [0.25, 0.3) is 0 Å². The Kier molecular flexibility index (Phi) is 3.98. The highest BCUT2D eigenvalue weighted by atomic mass is 15.3. The van der Waals surface area contributed by atoms with Crippen LogP contribution in [0.1, 0.15) is 18.5 Å². The number of hydrogen-bond donors (Lipinski definition) is 2. The van der Waals surface area contributed by atoms with E-state index in [4.69, 9.17) is 5.84 Å². The van der Waals surface area contributed by atoms with E-state index >= 15 is 0 Å². The Balaban J connectivity index is 2.08. The minimum atomic E-state index is 0.469. The lowest BCUT2D eigenvalue weighted by Crippen LogP contribution is -2.37. The molecule has 1 aromatic heterocycles. The average molecular weight is 250 g/mol. The van der Waals surface area contributed by atoms with Crippen molar-refractivity contribution < 1.29 is 0 Å². The summed E-state index contributed by atoms with van der Waals surface area (Å²) in [7, 11) is 4.25. The SMILES string of the molecule is Cc1cc(N(C)CC2CCCN2C)nc(NN)n1. The van der Waals surface area contributed by atoms with Gasteiger partial charge in [0.2, 0.25) is 5.95 Å². The lowest BCUT2D eigenvalue weighted by Gasteiger charge is -2.26. The highest BCUT2D eigenvalue weighted by molar-refractivity contribution is 5.43. The van der Waals surface area contributed by atoms with Crippen molar-refractivity contribution in [2.45, 2.75) is 25.8 Å². The number of nitrogen functional groups attached to an aromatic ring is 1. The van der Waals surface area contributed by atoms with E-state index in [0.29, 0.717) is 12.0 Å². The van der Waals surface area contributed by atoms with Gasteiger partial charge in [-0.3, -0.25) is 5.43 Å². The van der Waals surface area contributed by atoms with E-state index in [1.807, 2.05) is 13.0 Å². The Labute approximate surface area is 108 Å². The molecule has 2 heterocycles. The van der Waals surface area contributed by atoms with Gasteiger partial charge in [0.1, 0.15) is 5.82 Å². The van der Waals surface area contributed by atoms with Crippen molar-refractivity contribution in [3.05, 3.63) is 11.8 Å². The number of likely N-dealkylation sites (tertiary alicyclic amines) is 1. The largest absolute Gasteiger partial charge is 0.358 e. The number of likely N-dealkylation sites (N-methyl/N-ethyl adjacent to an activating group) is 2. The van der Waals surface area contributed by atoms with Crippen LogP contribution in [0.3, 0.4) is 0 Å². The minimum Gasteiger partial charge on any atom is -0.358 e. The lowest BCUT2D eigenvalue weighted by molar-refractivity contribution is 0.314. The van der Waals surface area contributed by atoms with E-state index in [2.05, 4.69) is 39.3 Å². The molecule has 0 radical (unpaired) electrons. The normalized spacial score (nSPS) is 20.1. The van der Waals surface area contributed by atoms with E-state index in [1.165, 1.54) is 19.4 Å². The molecule has 1 aliphatic rings. The second kappa shape index (κ2) is 5.49. The van der Waals surface area contributed by atoms with E-state index in [9.17, 15) is 0 Å². The third-order valence-electron chi connectivity index (χ3n) is 3.52. The Morgan fingerprint density at radius 2 is 2.33 bits per heavy atom. The molecule has 0 aromatic carbocycles. The molecule has 6 heteroatoms. The molecule has 1 aliphatic heterocycles. The number of hydrogen-bond acceptors (Lipinski definition) is 6. The van der Waals surface area contributed by atoms with Gasteiger partial charge in [0, 0.05) is 31.4 Å². The van der Waals surface area contributed by atoms with E-state index in [0.717, 1.165) is 18.1 Å². The highest BCUT2D eigenvalue weighted by Gasteiger charge is 2.22. The number of hydrazine groups is 1. The number of aromatic nitrogens is 2. The first kappa shape index (κ1) is 13.0. The first-order chi connectivity index (χ1) is 8.60. The number of nitrogens with zero attached hydrogens (tertiary/aromatic N) is 4. The summed E-state index contributed by atoms with van der Waals surface area (Å²) in [5, 5.41) is 0. The molecule has 0 saturated carbocycles. The molecule has 0 bridgehead atoms. The van der Waals surface area contributed by atoms with Gasteiger partial charge in [0.05, 0.1) is 0 Å². The van der Waals surface area contributed by atoms with Gasteiger partial charge in [-0.1, -0.05) is 0 Å². The maximum absolute atomic E-state index is 5.37. The molecule has 3 N–H and O–H groups in total. The molecule has 0 aliphatic carbocycles. The molecular weight excluding hydrogens is 228 g/mol. The molecule has 0 amide bonds. The standard InChI is InChI=1S/C12H22N6/c1-9-7-11(15-12(14-9)16-13)18(3)8-10-5-4-6-17(10)2/h7,10H,4-6,8,13H2,1-3H3,(H,14,15,16). The second-order valence-corrected chi connectivity index (χ2v) is 4.99. The molecule has 1 atom stereocenters. The van der Waals surface area contributed by atoms with Crippen LogP contribution < -0.4 is 16.2 Å². The van der Waals surface area contributed by atoms with Crippen molar-refractivity contribution in [2.24, 2.45) is 5.84 Å². The monoisotopic (exact) mass is 250 g/mol. The molecule has 100 valence electrons. The van der Waals surface area contributed by atoms with Gasteiger partial charge < -0.3 is 9.80 Å². The topological polar surface area (TPSA) is 70.3 Å². The van der Waals surface area contributed by atoms with Crippen molar-refractivity contribution in [1.82, 2.24) is 14.9 Å². The fourth-order valence-corrected chi connectivity index (χ4v) is 2.43. The molecular formula is C12H22N6. The third kappa shape index (κ3) is 2.88. The maximum Gasteiger partial charge on any atom is 0.239 e. The summed E-state index contributed by atoms with van der Waals surface area (Å²) in [5.41, 5.74) is 3.42. The summed E-state index contributed by atoms with van der Waals surface area (Å²) >= 11 is 0. The van der Waals surface area contributed by atoms with Gasteiger partial charge in [-0.25, -0.2) is 10.8 Å². The molecule has 1 fully saturated rings. The fourth-order valence-electron chi connectivity index (χ4n) is 2.43. The number of anilines is 2. The Morgan fingerprint density at radius 3 is 2.94 bits per heavy atom. The summed E-state index contributed by atoms with van der Waals surface area (Å²) in [4.78, 5) is 13.2. The summed E-state index contributed by atoms with van der Waals surface area (Å²) in [5.74, 6) is 6.75. The first-order valence-electron chi connectivity index (χ1n) is 6.34. The van der Waals surface area contributed by atoms with Crippen molar-refractivity contribution in [3.63, 3.8) is 0 Å². The van der Waals surface area contributed by atoms with Crippen LogP contribution in [0.2, 0.25) is 0 Å². The second-order valence-electron chi connectivity index (χ2n) is 4.99. The van der Waals surface area contributed by atoms with Gasteiger partial charge >= 0.3 is 0 Å². The number of nitrogens with two attached hydrogens (primary N) is 1. The molecule has 2 rings (SSSR count). The van der Waals surface area contributed by atoms with Gasteiger partial charge in [0.15, 0.2) is 0 Å². The average Bonchev–Trinajstić information content (AvgIpc) is 2.74. The summed E-state index contributed by atoms with van der Waals surface area (Å²) in [6, 6.07) is 2.59. The van der Waals surface area contributed by atoms with E-state index in [-0.39, 0.29) is 0 Å². The number of rotatable bonds is 4. The van der Waals surface area contributed by atoms with Crippen molar-refractivity contribution >= 4 is 11.8 Å². The zero-order chi connectivity index (χ0) is 13.1. The molecule has 0 spiro atoms. The van der Waals surface area contributed by atoms with Crippen LogP contribution in [-0.2, 0) is 0 Å². The summed E-state index contributed by atoms with van der Waals surface area (Å²) < 4.78 is 0. The maximum atomic E-state index is 5.37. The first-order valence-corrected chi connectivity index (χ1v) is 6.34. The molecule has 1 unspecified atom stereocenters. The molecule has 18 heavy (non-hydrogen) atoms. The van der Waals surface area contributed by atoms with E-state index < -0.39 is 0 Å². The van der Waals surface area contributed by atoms with Crippen LogP contribution in [0.5, 0.6) is 0 Å². The fraction of sp³-hybridized carbons (Fsp3) is 0.667. The number of aryl methyl sites for hydroxylation is 1. The molecule has 1 aromatic rings. The number of nitrogens with one attached hydrogen (secondary N) is 1. The molecule has 6 nitrogen and oxygen atoms in total.